The molecule has 1 aliphatic rings. The van der Waals surface area contributed by atoms with Crippen molar-refractivity contribution in [1.82, 2.24) is 0 Å². The smallest absolute Gasteiger partial charge is 0.269 e. The number of hydrogen-bond acceptors (Lipinski definition) is 7. The second-order valence-electron chi connectivity index (χ2n) is 6.75. The van der Waals surface area contributed by atoms with Gasteiger partial charge >= 0.3 is 0 Å². The van der Waals surface area contributed by atoms with Gasteiger partial charge in [0.05, 0.1) is 31.0 Å². The van der Waals surface area contributed by atoms with Gasteiger partial charge in [-0.15, -0.1) is 0 Å². The molecular weight excluding hydrogens is 374 g/mol. The fourth-order valence-electron chi connectivity index (χ4n) is 3.35. The number of non-ortho nitro benzene ring substituents is 1. The minimum absolute atomic E-state index is 0.0230. The summed E-state index contributed by atoms with van der Waals surface area (Å²) in [5, 5.41) is 14.8. The molecular formula is C21H25N3O5. The standard InChI is InChI=1S/C21H25N3O5/c1-27-20-13-19(23-9-4-3-5-10-23)21(28-2)12-17(20)14-22-29-15-16-7-6-8-18(11-16)24(25)26/h6-8,11-14H,3-5,9-10,15H2,1-2H3/b22-14-. The summed E-state index contributed by atoms with van der Waals surface area (Å²) >= 11 is 0. The number of rotatable bonds is 8. The molecule has 154 valence electrons. The van der Waals surface area contributed by atoms with Crippen molar-refractivity contribution in [2.24, 2.45) is 5.16 Å². The van der Waals surface area contributed by atoms with Gasteiger partial charge in [-0.2, -0.15) is 0 Å². The van der Waals surface area contributed by atoms with Crippen LogP contribution in [0.4, 0.5) is 11.4 Å². The van der Waals surface area contributed by atoms with Gasteiger partial charge in [0.15, 0.2) is 0 Å². The topological polar surface area (TPSA) is 86.4 Å². The van der Waals surface area contributed by atoms with Crippen molar-refractivity contribution < 1.29 is 19.2 Å². The van der Waals surface area contributed by atoms with Gasteiger partial charge in [0, 0.05) is 36.9 Å². The maximum Gasteiger partial charge on any atom is 0.269 e. The molecule has 0 N–H and O–H groups in total. The van der Waals surface area contributed by atoms with Gasteiger partial charge in [-0.05, 0) is 30.9 Å². The van der Waals surface area contributed by atoms with Crippen LogP contribution in [-0.4, -0.2) is 38.4 Å². The molecule has 29 heavy (non-hydrogen) atoms. The number of nitrogens with zero attached hydrogens (tertiary/aromatic N) is 3. The number of anilines is 1. The monoisotopic (exact) mass is 399 g/mol. The fraction of sp³-hybridized carbons (Fsp3) is 0.381. The van der Waals surface area contributed by atoms with Crippen LogP contribution in [0.15, 0.2) is 41.6 Å². The molecule has 2 aromatic rings. The SMILES string of the molecule is COc1cc(N2CCCCC2)c(OC)cc1/C=N\OCc1cccc([N+](=O)[O-])c1. The van der Waals surface area contributed by atoms with Gasteiger partial charge in [0.1, 0.15) is 18.1 Å². The molecule has 1 aliphatic heterocycles. The quantitative estimate of drug-likeness (QED) is 0.376. The Morgan fingerprint density at radius 1 is 1.10 bits per heavy atom. The van der Waals surface area contributed by atoms with Crippen LogP contribution in [0.2, 0.25) is 0 Å². The van der Waals surface area contributed by atoms with Crippen molar-refractivity contribution >= 4 is 17.6 Å². The number of oxime groups is 1. The third-order valence-electron chi connectivity index (χ3n) is 4.85. The maximum absolute atomic E-state index is 10.8. The lowest BCUT2D eigenvalue weighted by Gasteiger charge is -2.30. The fourth-order valence-corrected chi connectivity index (χ4v) is 3.35. The number of ether oxygens (including phenoxy) is 2. The predicted molar refractivity (Wildman–Crippen MR) is 111 cm³/mol. The van der Waals surface area contributed by atoms with Gasteiger partial charge in [-0.3, -0.25) is 10.1 Å². The van der Waals surface area contributed by atoms with E-state index in [1.54, 1.807) is 32.6 Å². The van der Waals surface area contributed by atoms with Crippen LogP contribution in [0.1, 0.15) is 30.4 Å². The van der Waals surface area contributed by atoms with Crippen molar-refractivity contribution in [2.45, 2.75) is 25.9 Å². The summed E-state index contributed by atoms with van der Waals surface area (Å²) in [4.78, 5) is 18.0. The van der Waals surface area contributed by atoms with Crippen molar-refractivity contribution in [3.63, 3.8) is 0 Å². The Hall–Kier alpha value is -3.29. The third kappa shape index (κ3) is 5.16. The zero-order valence-corrected chi connectivity index (χ0v) is 16.7. The van der Waals surface area contributed by atoms with E-state index >= 15 is 0 Å². The van der Waals surface area contributed by atoms with Crippen molar-refractivity contribution in [3.05, 3.63) is 57.6 Å². The average molecular weight is 399 g/mol. The van der Waals surface area contributed by atoms with E-state index in [0.717, 1.165) is 30.1 Å². The summed E-state index contributed by atoms with van der Waals surface area (Å²) in [7, 11) is 3.26. The van der Waals surface area contributed by atoms with E-state index in [-0.39, 0.29) is 12.3 Å². The highest BCUT2D eigenvalue weighted by molar-refractivity contribution is 5.86. The Morgan fingerprint density at radius 3 is 2.55 bits per heavy atom. The van der Waals surface area contributed by atoms with Gasteiger partial charge in [-0.25, -0.2) is 0 Å². The molecule has 0 bridgehead atoms. The Balaban J connectivity index is 1.72. The second-order valence-corrected chi connectivity index (χ2v) is 6.75. The van der Waals surface area contributed by atoms with Gasteiger partial charge in [0.2, 0.25) is 0 Å². The van der Waals surface area contributed by atoms with Gasteiger partial charge in [0.25, 0.3) is 5.69 Å². The summed E-state index contributed by atoms with van der Waals surface area (Å²) in [5.74, 6) is 1.43. The molecule has 1 saturated heterocycles. The van der Waals surface area contributed by atoms with Crippen LogP contribution < -0.4 is 14.4 Å². The van der Waals surface area contributed by atoms with Crippen LogP contribution in [-0.2, 0) is 11.4 Å². The molecule has 1 heterocycles. The normalized spacial score (nSPS) is 14.1. The van der Waals surface area contributed by atoms with E-state index in [1.807, 2.05) is 12.1 Å². The molecule has 8 heteroatoms. The van der Waals surface area contributed by atoms with E-state index in [0.29, 0.717) is 11.3 Å². The minimum Gasteiger partial charge on any atom is -0.496 e. The van der Waals surface area contributed by atoms with Gasteiger partial charge < -0.3 is 19.2 Å². The molecule has 2 aromatic carbocycles. The Bertz CT molecular complexity index is 879. The van der Waals surface area contributed by atoms with Gasteiger partial charge in [-0.1, -0.05) is 17.3 Å². The average Bonchev–Trinajstić information content (AvgIpc) is 2.77. The highest BCUT2D eigenvalue weighted by Crippen LogP contribution is 2.36. The van der Waals surface area contributed by atoms with E-state index in [4.69, 9.17) is 14.3 Å². The first-order valence-electron chi connectivity index (χ1n) is 9.52. The van der Waals surface area contributed by atoms with Crippen molar-refractivity contribution in [2.75, 3.05) is 32.2 Å². The van der Waals surface area contributed by atoms with Crippen LogP contribution >= 0.6 is 0 Å². The zero-order valence-electron chi connectivity index (χ0n) is 16.7. The molecule has 1 fully saturated rings. The lowest BCUT2D eigenvalue weighted by Crippen LogP contribution is -2.29. The number of nitro groups is 1. The highest BCUT2D eigenvalue weighted by atomic mass is 16.6. The number of hydrogen-bond donors (Lipinski definition) is 0. The molecule has 3 rings (SSSR count). The lowest BCUT2D eigenvalue weighted by atomic mass is 10.1. The van der Waals surface area contributed by atoms with E-state index < -0.39 is 4.92 Å². The lowest BCUT2D eigenvalue weighted by molar-refractivity contribution is -0.384. The Morgan fingerprint density at radius 2 is 1.86 bits per heavy atom. The molecule has 0 spiro atoms. The first-order chi connectivity index (χ1) is 14.1. The summed E-state index contributed by atoms with van der Waals surface area (Å²) in [5.41, 5.74) is 2.43. The van der Waals surface area contributed by atoms with Crippen molar-refractivity contribution in [3.8, 4) is 11.5 Å². The Labute approximate surface area is 169 Å². The summed E-state index contributed by atoms with van der Waals surface area (Å²) in [6, 6.07) is 10.1. The first kappa shape index (κ1) is 20.4. The second kappa shape index (κ2) is 9.77. The molecule has 0 amide bonds. The van der Waals surface area contributed by atoms with E-state index in [1.165, 1.54) is 31.4 Å². The molecule has 0 atom stereocenters. The summed E-state index contributed by atoms with van der Waals surface area (Å²) in [6.07, 6.45) is 5.14. The van der Waals surface area contributed by atoms with Crippen LogP contribution in [0.3, 0.4) is 0 Å². The predicted octanol–water partition coefficient (Wildman–Crippen LogP) is 4.15. The first-order valence-corrected chi connectivity index (χ1v) is 9.52. The summed E-state index contributed by atoms with van der Waals surface area (Å²) < 4.78 is 11.1. The van der Waals surface area contributed by atoms with E-state index in [2.05, 4.69) is 10.1 Å². The molecule has 0 radical (unpaired) electrons. The molecule has 0 aliphatic carbocycles. The number of methoxy groups -OCH3 is 2. The van der Waals surface area contributed by atoms with E-state index in [9.17, 15) is 10.1 Å². The molecule has 8 nitrogen and oxygen atoms in total. The van der Waals surface area contributed by atoms with Crippen LogP contribution in [0.5, 0.6) is 11.5 Å². The molecule has 0 saturated carbocycles. The van der Waals surface area contributed by atoms with Crippen LogP contribution in [0, 0.1) is 10.1 Å². The largest absolute Gasteiger partial charge is 0.496 e. The minimum atomic E-state index is -0.437. The van der Waals surface area contributed by atoms with Crippen molar-refractivity contribution in [1.29, 1.82) is 0 Å². The number of piperidine rings is 1. The Kier molecular flexibility index (Phi) is 6.89. The zero-order chi connectivity index (χ0) is 20.6. The maximum atomic E-state index is 10.8. The highest BCUT2D eigenvalue weighted by Gasteiger charge is 2.18. The molecule has 0 unspecified atom stereocenters. The summed E-state index contributed by atoms with van der Waals surface area (Å²) in [6.45, 7) is 2.13. The number of nitro benzene ring substituents is 1. The third-order valence-corrected chi connectivity index (χ3v) is 4.85. The number of benzene rings is 2. The molecule has 0 aromatic heterocycles. The van der Waals surface area contributed by atoms with Crippen LogP contribution in [0.25, 0.3) is 0 Å².